The quantitative estimate of drug-likeness (QED) is 0.471. The zero-order valence-electron chi connectivity index (χ0n) is 17.3. The van der Waals surface area contributed by atoms with Crippen LogP contribution in [0.1, 0.15) is 52.0 Å². The Kier molecular flexibility index (Phi) is 9.34. The standard InChI is InChI=1S/C22H36O6/c1-16(10-6-5-9-13-26-15-17-11-7-4-8-12-17)20-21(19(25)18(24)14-23)28-22(2,3)27-20/h4,7-8,11-12,16,18-21,23-25H,5-6,9-10,13-15H2,1-3H3/t16-,18+,19-,20-,21-/m0/s1. The largest absolute Gasteiger partial charge is 0.394 e. The fraction of sp³-hybridized carbons (Fsp3) is 0.727. The lowest BCUT2D eigenvalue weighted by Gasteiger charge is -2.28. The van der Waals surface area contributed by atoms with Crippen molar-refractivity contribution in [3.63, 3.8) is 0 Å². The highest BCUT2D eigenvalue weighted by Crippen LogP contribution is 2.36. The van der Waals surface area contributed by atoms with Crippen molar-refractivity contribution in [2.45, 2.75) is 83.3 Å². The minimum absolute atomic E-state index is 0.164. The first kappa shape index (κ1) is 23.3. The Bertz CT molecular complexity index is 549. The van der Waals surface area contributed by atoms with Crippen molar-refractivity contribution < 1.29 is 29.5 Å². The van der Waals surface area contributed by atoms with Gasteiger partial charge in [-0.25, -0.2) is 0 Å². The minimum atomic E-state index is -1.24. The fourth-order valence-electron chi connectivity index (χ4n) is 3.62. The lowest BCUT2D eigenvalue weighted by molar-refractivity contribution is -0.165. The summed E-state index contributed by atoms with van der Waals surface area (Å²) in [6.45, 7) is 6.55. The van der Waals surface area contributed by atoms with Gasteiger partial charge in [-0.2, -0.15) is 0 Å². The Balaban J connectivity index is 1.68. The summed E-state index contributed by atoms with van der Waals surface area (Å²) in [5.41, 5.74) is 1.19. The third-order valence-electron chi connectivity index (χ3n) is 5.20. The van der Waals surface area contributed by atoms with Gasteiger partial charge in [-0.15, -0.1) is 0 Å². The van der Waals surface area contributed by atoms with E-state index >= 15 is 0 Å². The van der Waals surface area contributed by atoms with E-state index in [-0.39, 0.29) is 12.0 Å². The predicted octanol–water partition coefficient (Wildman–Crippen LogP) is 2.63. The fourth-order valence-corrected chi connectivity index (χ4v) is 3.62. The number of rotatable bonds is 12. The van der Waals surface area contributed by atoms with Gasteiger partial charge in [0.1, 0.15) is 18.3 Å². The molecule has 1 aliphatic rings. The van der Waals surface area contributed by atoms with E-state index in [1.54, 1.807) is 13.8 Å². The second-order valence-electron chi connectivity index (χ2n) is 8.17. The molecule has 1 saturated heterocycles. The normalized spacial score (nSPS) is 24.8. The molecule has 0 bridgehead atoms. The van der Waals surface area contributed by atoms with Crippen LogP contribution in [0, 0.1) is 5.92 Å². The molecule has 3 N–H and O–H groups in total. The molecule has 0 aliphatic carbocycles. The van der Waals surface area contributed by atoms with Gasteiger partial charge in [0.05, 0.1) is 19.3 Å². The van der Waals surface area contributed by atoms with Gasteiger partial charge in [-0.3, -0.25) is 0 Å². The third kappa shape index (κ3) is 7.10. The Morgan fingerprint density at radius 1 is 1.04 bits per heavy atom. The lowest BCUT2D eigenvalue weighted by atomic mass is 9.90. The summed E-state index contributed by atoms with van der Waals surface area (Å²) in [6, 6.07) is 10.1. The second kappa shape index (κ2) is 11.2. The van der Waals surface area contributed by atoms with Crippen molar-refractivity contribution in [1.82, 2.24) is 0 Å². The van der Waals surface area contributed by atoms with Crippen LogP contribution in [0.3, 0.4) is 0 Å². The zero-order chi connectivity index (χ0) is 20.6. The van der Waals surface area contributed by atoms with E-state index < -0.39 is 30.7 Å². The van der Waals surface area contributed by atoms with E-state index in [1.807, 2.05) is 18.2 Å². The minimum Gasteiger partial charge on any atom is -0.394 e. The van der Waals surface area contributed by atoms with E-state index in [0.29, 0.717) is 6.61 Å². The number of hydrogen-bond donors (Lipinski definition) is 3. The topological polar surface area (TPSA) is 88.4 Å². The molecule has 1 aromatic carbocycles. The average Bonchev–Trinajstić information content (AvgIpc) is 3.02. The van der Waals surface area contributed by atoms with Crippen LogP contribution in [0.2, 0.25) is 0 Å². The van der Waals surface area contributed by atoms with E-state index in [1.165, 1.54) is 5.56 Å². The Hall–Kier alpha value is -1.02. The van der Waals surface area contributed by atoms with Gasteiger partial charge < -0.3 is 29.5 Å². The molecule has 0 radical (unpaired) electrons. The van der Waals surface area contributed by atoms with E-state index in [0.717, 1.165) is 32.3 Å². The molecule has 6 heteroatoms. The summed E-state index contributed by atoms with van der Waals surface area (Å²) in [4.78, 5) is 0. The van der Waals surface area contributed by atoms with Crippen LogP contribution >= 0.6 is 0 Å². The first-order chi connectivity index (χ1) is 13.3. The maximum atomic E-state index is 10.3. The number of aliphatic hydroxyl groups excluding tert-OH is 3. The van der Waals surface area contributed by atoms with Crippen LogP contribution in [0.4, 0.5) is 0 Å². The highest BCUT2D eigenvalue weighted by atomic mass is 16.8. The third-order valence-corrected chi connectivity index (χ3v) is 5.20. The summed E-state index contributed by atoms with van der Waals surface area (Å²) in [5.74, 6) is -0.650. The molecule has 1 aliphatic heterocycles. The number of aliphatic hydroxyl groups is 3. The maximum absolute atomic E-state index is 10.3. The molecule has 6 nitrogen and oxygen atoms in total. The van der Waals surface area contributed by atoms with Crippen LogP contribution < -0.4 is 0 Å². The molecule has 28 heavy (non-hydrogen) atoms. The number of unbranched alkanes of at least 4 members (excludes halogenated alkanes) is 2. The van der Waals surface area contributed by atoms with Crippen LogP contribution in [0.5, 0.6) is 0 Å². The molecule has 5 atom stereocenters. The molecule has 1 heterocycles. The number of hydrogen-bond acceptors (Lipinski definition) is 6. The van der Waals surface area contributed by atoms with Crippen molar-refractivity contribution in [3.05, 3.63) is 35.9 Å². The SMILES string of the molecule is C[C@@H](CCCCCOCc1ccccc1)[C@@H]1OC(C)(C)O[C@H]1[C@@H](O)[C@H](O)CO. The predicted molar refractivity (Wildman–Crippen MR) is 107 cm³/mol. The van der Waals surface area contributed by atoms with Crippen LogP contribution in [0.15, 0.2) is 30.3 Å². The molecule has 1 aromatic rings. The van der Waals surface area contributed by atoms with Crippen LogP contribution in [-0.2, 0) is 20.8 Å². The van der Waals surface area contributed by atoms with Gasteiger partial charge in [0.2, 0.25) is 0 Å². The smallest absolute Gasteiger partial charge is 0.163 e. The summed E-state index contributed by atoms with van der Waals surface area (Å²) >= 11 is 0. The Morgan fingerprint density at radius 3 is 2.39 bits per heavy atom. The number of benzene rings is 1. The highest BCUT2D eigenvalue weighted by Gasteiger charge is 2.48. The van der Waals surface area contributed by atoms with Crippen molar-refractivity contribution in [2.24, 2.45) is 5.92 Å². The van der Waals surface area contributed by atoms with Crippen molar-refractivity contribution >= 4 is 0 Å². The monoisotopic (exact) mass is 396 g/mol. The first-order valence-corrected chi connectivity index (χ1v) is 10.3. The first-order valence-electron chi connectivity index (χ1n) is 10.3. The van der Waals surface area contributed by atoms with Gasteiger partial charge in [-0.05, 0) is 38.2 Å². The van der Waals surface area contributed by atoms with Crippen LogP contribution in [-0.4, -0.2) is 58.7 Å². The molecule has 0 unspecified atom stereocenters. The molecule has 0 spiro atoms. The average molecular weight is 397 g/mol. The van der Waals surface area contributed by atoms with Gasteiger partial charge in [-0.1, -0.05) is 50.1 Å². The Labute approximate surface area is 168 Å². The van der Waals surface area contributed by atoms with Gasteiger partial charge in [0.15, 0.2) is 5.79 Å². The molecular weight excluding hydrogens is 360 g/mol. The Morgan fingerprint density at radius 2 is 1.71 bits per heavy atom. The summed E-state index contributed by atoms with van der Waals surface area (Å²) in [5, 5.41) is 29.2. The van der Waals surface area contributed by atoms with Gasteiger partial charge in [0.25, 0.3) is 0 Å². The molecule has 0 saturated carbocycles. The second-order valence-corrected chi connectivity index (χ2v) is 8.17. The van der Waals surface area contributed by atoms with Crippen molar-refractivity contribution in [3.8, 4) is 0 Å². The van der Waals surface area contributed by atoms with E-state index in [4.69, 9.17) is 19.3 Å². The number of ether oxygens (including phenoxy) is 3. The molecule has 0 amide bonds. The molecule has 160 valence electrons. The van der Waals surface area contributed by atoms with E-state index in [2.05, 4.69) is 19.1 Å². The maximum Gasteiger partial charge on any atom is 0.163 e. The van der Waals surface area contributed by atoms with Crippen LogP contribution in [0.25, 0.3) is 0 Å². The van der Waals surface area contributed by atoms with Gasteiger partial charge >= 0.3 is 0 Å². The van der Waals surface area contributed by atoms with Gasteiger partial charge in [0, 0.05) is 6.61 Å². The molecule has 0 aromatic heterocycles. The summed E-state index contributed by atoms with van der Waals surface area (Å²) in [6.07, 6.45) is 0.639. The van der Waals surface area contributed by atoms with Crippen molar-refractivity contribution in [2.75, 3.05) is 13.2 Å². The van der Waals surface area contributed by atoms with E-state index in [9.17, 15) is 10.2 Å². The summed E-state index contributed by atoms with van der Waals surface area (Å²) in [7, 11) is 0. The van der Waals surface area contributed by atoms with Crippen molar-refractivity contribution in [1.29, 1.82) is 0 Å². The molecular formula is C22H36O6. The lowest BCUT2D eigenvalue weighted by Crippen LogP contribution is -2.46. The summed E-state index contributed by atoms with van der Waals surface area (Å²) < 4.78 is 17.5. The zero-order valence-corrected chi connectivity index (χ0v) is 17.3. The molecule has 1 fully saturated rings. The highest BCUT2D eigenvalue weighted by molar-refractivity contribution is 5.13. The molecule has 2 rings (SSSR count).